The zero-order valence-electron chi connectivity index (χ0n) is 18.6. The van der Waals surface area contributed by atoms with Gasteiger partial charge in [0.15, 0.2) is 0 Å². The fourth-order valence-corrected chi connectivity index (χ4v) is 3.64. The lowest BCUT2D eigenvalue weighted by molar-refractivity contribution is 0.0512. The van der Waals surface area contributed by atoms with Crippen LogP contribution in [0.25, 0.3) is 11.2 Å². The number of fused-ring (bicyclic) bond motifs is 2. The average Bonchev–Trinajstić information content (AvgIpc) is 3.33. The Bertz CT molecular complexity index is 1500. The van der Waals surface area contributed by atoms with E-state index in [4.69, 9.17) is 11.5 Å². The normalized spacial score (nSPS) is 12.5. The Morgan fingerprint density at radius 2 is 1.97 bits per heavy atom. The Morgan fingerprint density at radius 3 is 2.66 bits per heavy atom. The summed E-state index contributed by atoms with van der Waals surface area (Å²) in [7, 11) is 0. The Kier molecular flexibility index (Phi) is 7.62. The van der Waals surface area contributed by atoms with E-state index in [-0.39, 0.29) is 41.7 Å². The van der Waals surface area contributed by atoms with E-state index in [1.165, 1.54) is 5.56 Å². The first-order valence-corrected chi connectivity index (χ1v) is 10.4. The summed E-state index contributed by atoms with van der Waals surface area (Å²) in [6.07, 6.45) is 0.846. The number of ether oxygens (including phenoxy) is 1. The van der Waals surface area contributed by atoms with Gasteiger partial charge in [0.1, 0.15) is 11.4 Å². The molecule has 1 aliphatic heterocycles. The number of H-pyrrole nitrogens is 1. The Hall–Kier alpha value is -4.10. The van der Waals surface area contributed by atoms with Crippen LogP contribution in [0, 0.1) is 0 Å². The monoisotopic (exact) mass is 503 g/mol. The summed E-state index contributed by atoms with van der Waals surface area (Å²) < 4.78 is 8.96. The van der Waals surface area contributed by atoms with E-state index < -0.39 is 22.4 Å². The van der Waals surface area contributed by atoms with Gasteiger partial charge in [-0.3, -0.25) is 19.4 Å². The molecule has 5 rings (SSSR count). The summed E-state index contributed by atoms with van der Waals surface area (Å²) in [5.41, 5.74) is 13.5. The molecule has 35 heavy (non-hydrogen) atoms. The van der Waals surface area contributed by atoms with Gasteiger partial charge in [-0.1, -0.05) is 18.2 Å². The number of esters is 1. The van der Waals surface area contributed by atoms with Crippen molar-refractivity contribution in [2.75, 3.05) is 23.8 Å². The number of benzene rings is 1. The lowest BCUT2D eigenvalue weighted by atomic mass is 9.96. The zero-order chi connectivity index (χ0) is 24.4. The molecule has 2 aromatic carbocycles. The van der Waals surface area contributed by atoms with Gasteiger partial charge in [0.2, 0.25) is 17.0 Å². The number of aromatic nitrogens is 4. The number of nitrogens with one attached hydrogen (secondary N) is 1. The van der Waals surface area contributed by atoms with Gasteiger partial charge < -0.3 is 21.1 Å². The van der Waals surface area contributed by atoms with Crippen molar-refractivity contribution in [1.82, 2.24) is 20.3 Å². The van der Waals surface area contributed by atoms with Crippen molar-refractivity contribution in [1.29, 1.82) is 0 Å². The van der Waals surface area contributed by atoms with E-state index in [0.717, 1.165) is 17.5 Å². The molecule has 0 radical (unpaired) electrons. The van der Waals surface area contributed by atoms with Crippen molar-refractivity contribution < 1.29 is 14.2 Å². The number of nitrogen functional groups attached to an aromatic ring is 1. The fraction of sp³-hybridized carbons (Fsp3) is 0.286. The highest BCUT2D eigenvalue weighted by Crippen LogP contribution is 2.26. The molecule has 3 heterocycles. The Morgan fingerprint density at radius 1 is 1.20 bits per heavy atom. The average molecular weight is 504 g/mol. The molecular formula is C21H22ClN7O6. The minimum Gasteiger partial charge on any atom is -0.460 e. The van der Waals surface area contributed by atoms with Gasteiger partial charge in [0.25, 0.3) is 16.4 Å². The number of nitrogens with two attached hydrogens (primary N) is 2. The van der Waals surface area contributed by atoms with Crippen LogP contribution in [0.1, 0.15) is 34.2 Å². The molecule has 0 aliphatic carbocycles. The van der Waals surface area contributed by atoms with E-state index in [1.54, 1.807) is 6.92 Å². The largest absolute Gasteiger partial charge is 0.460 e. The smallest absolute Gasteiger partial charge is 0.374 e. The van der Waals surface area contributed by atoms with Crippen molar-refractivity contribution in [3.63, 3.8) is 0 Å². The predicted molar refractivity (Wildman–Crippen MR) is 128 cm³/mol. The topological polar surface area (TPSA) is 200 Å². The van der Waals surface area contributed by atoms with E-state index in [0.29, 0.717) is 25.3 Å². The third-order valence-electron chi connectivity index (χ3n) is 5.36. The maximum Gasteiger partial charge on any atom is 0.374 e. The van der Waals surface area contributed by atoms with Crippen LogP contribution in [0.2, 0.25) is 0 Å². The van der Waals surface area contributed by atoms with Crippen LogP contribution in [0.3, 0.4) is 0 Å². The molecular weight excluding hydrogens is 482 g/mol. The van der Waals surface area contributed by atoms with Crippen LogP contribution in [0.5, 0.6) is 0 Å². The van der Waals surface area contributed by atoms with Crippen molar-refractivity contribution in [3.05, 3.63) is 71.5 Å². The molecule has 0 fully saturated rings. The SMILES string of the molecule is CCOC(=O)c1nc2nonc2c(=O)[nH]1.Cl.NCc1ccc2c(c1)CN(c1c(N)c(=O)c1=O)CC2. The molecule has 2 aromatic heterocycles. The number of aromatic amines is 1. The van der Waals surface area contributed by atoms with E-state index in [1.807, 2.05) is 11.0 Å². The summed E-state index contributed by atoms with van der Waals surface area (Å²) in [5.74, 6) is -0.940. The van der Waals surface area contributed by atoms with Crippen LogP contribution < -0.4 is 32.8 Å². The first-order valence-electron chi connectivity index (χ1n) is 10.4. The number of carbonyl (C=O) groups excluding carboxylic acids is 1. The van der Waals surface area contributed by atoms with Crippen LogP contribution in [-0.2, 0) is 24.2 Å². The second-order valence-electron chi connectivity index (χ2n) is 7.47. The summed E-state index contributed by atoms with van der Waals surface area (Å²) in [6, 6.07) is 6.17. The molecule has 0 amide bonds. The van der Waals surface area contributed by atoms with E-state index in [2.05, 4.69) is 41.8 Å². The van der Waals surface area contributed by atoms with Gasteiger partial charge in [-0.15, -0.1) is 12.4 Å². The first-order chi connectivity index (χ1) is 16.3. The second kappa shape index (κ2) is 10.4. The van der Waals surface area contributed by atoms with Crippen LogP contribution in [-0.4, -0.2) is 39.4 Å². The molecule has 1 aliphatic rings. The molecule has 184 valence electrons. The zero-order valence-corrected chi connectivity index (χ0v) is 19.4. The lowest BCUT2D eigenvalue weighted by Gasteiger charge is -2.31. The van der Waals surface area contributed by atoms with Crippen LogP contribution in [0.4, 0.5) is 11.4 Å². The molecule has 0 saturated heterocycles. The third-order valence-corrected chi connectivity index (χ3v) is 5.36. The summed E-state index contributed by atoms with van der Waals surface area (Å²) in [4.78, 5) is 53.1. The molecule has 0 bridgehead atoms. The van der Waals surface area contributed by atoms with E-state index in [9.17, 15) is 19.2 Å². The highest BCUT2D eigenvalue weighted by molar-refractivity contribution is 5.86. The number of carbonyl (C=O) groups is 1. The Labute approximate surface area is 203 Å². The summed E-state index contributed by atoms with van der Waals surface area (Å²) in [6.45, 7) is 3.65. The van der Waals surface area contributed by atoms with Crippen molar-refractivity contribution in [3.8, 4) is 0 Å². The predicted octanol–water partition coefficient (Wildman–Crippen LogP) is -0.209. The molecule has 13 nitrogen and oxygen atoms in total. The third kappa shape index (κ3) is 4.90. The van der Waals surface area contributed by atoms with Gasteiger partial charge in [0.05, 0.1) is 6.61 Å². The molecule has 0 atom stereocenters. The minimum atomic E-state index is -0.723. The minimum absolute atomic E-state index is 0. The van der Waals surface area contributed by atoms with Gasteiger partial charge in [0, 0.05) is 19.6 Å². The molecule has 0 saturated carbocycles. The lowest BCUT2D eigenvalue weighted by Crippen LogP contribution is -2.44. The first kappa shape index (κ1) is 25.5. The molecule has 4 aromatic rings. The highest BCUT2D eigenvalue weighted by Gasteiger charge is 2.26. The van der Waals surface area contributed by atoms with E-state index >= 15 is 0 Å². The number of halogens is 1. The maximum atomic E-state index is 11.6. The van der Waals surface area contributed by atoms with Crippen LogP contribution in [0.15, 0.2) is 37.2 Å². The molecule has 14 heteroatoms. The highest BCUT2D eigenvalue weighted by atomic mass is 35.5. The summed E-state index contributed by atoms with van der Waals surface area (Å²) in [5, 5.41) is 6.68. The number of anilines is 2. The number of rotatable bonds is 4. The molecule has 5 N–H and O–H groups in total. The van der Waals surface area contributed by atoms with Gasteiger partial charge in [-0.05, 0) is 40.3 Å². The van der Waals surface area contributed by atoms with Gasteiger partial charge >= 0.3 is 5.97 Å². The van der Waals surface area contributed by atoms with Crippen molar-refractivity contribution in [2.24, 2.45) is 5.73 Å². The molecule has 0 spiro atoms. The number of hydrogen-bond donors (Lipinski definition) is 3. The number of hydrogen-bond acceptors (Lipinski definition) is 12. The van der Waals surface area contributed by atoms with Crippen LogP contribution >= 0.6 is 12.4 Å². The standard InChI is InChI=1S/C14H15N3O2.C7H6N4O4.ClH/c15-6-8-1-2-9-3-4-17(7-10(9)5-8)12-11(16)13(18)14(12)19;1-2-14-7(13)5-8-4-3(6(12)9-5)10-15-11-4;/h1-2,5H,3-4,6-7,15-16H2;2H2,1H3,(H,8,9,11,12);1H. The quantitative estimate of drug-likeness (QED) is 0.245. The summed E-state index contributed by atoms with van der Waals surface area (Å²) >= 11 is 0. The van der Waals surface area contributed by atoms with Gasteiger partial charge in [-0.2, -0.15) is 4.98 Å². The van der Waals surface area contributed by atoms with Gasteiger partial charge in [-0.25, -0.2) is 9.42 Å². The second-order valence-corrected chi connectivity index (χ2v) is 7.47. The van der Waals surface area contributed by atoms with Crippen molar-refractivity contribution >= 4 is 40.9 Å². The fourth-order valence-electron chi connectivity index (χ4n) is 3.64. The number of nitrogens with zero attached hydrogens (tertiary/aromatic N) is 4. The van der Waals surface area contributed by atoms with Crippen molar-refractivity contribution in [2.45, 2.75) is 26.4 Å². The maximum absolute atomic E-state index is 11.6. The molecule has 0 unspecified atom stereocenters. The Balaban J connectivity index is 0.000000195.